The van der Waals surface area contributed by atoms with Gasteiger partial charge in [0.2, 0.25) is 5.89 Å². The number of oxazole rings is 1. The number of para-hydroxylation sites is 2. The summed E-state index contributed by atoms with van der Waals surface area (Å²) in [5, 5.41) is 0. The van der Waals surface area contributed by atoms with E-state index in [0.717, 1.165) is 35.9 Å². The van der Waals surface area contributed by atoms with Crippen molar-refractivity contribution in [3.05, 3.63) is 54.1 Å². The Kier molecular flexibility index (Phi) is 4.71. The molecule has 3 aromatic rings. The van der Waals surface area contributed by atoms with Crippen LogP contribution in [0.1, 0.15) is 44.1 Å². The van der Waals surface area contributed by atoms with Gasteiger partial charge in [0.05, 0.1) is 0 Å². The summed E-state index contributed by atoms with van der Waals surface area (Å²) in [6.07, 6.45) is 4.43. The summed E-state index contributed by atoms with van der Waals surface area (Å²) in [6, 6.07) is 16.3. The molecule has 5 nitrogen and oxygen atoms in total. The fourth-order valence-corrected chi connectivity index (χ4v) is 3.70. The SMILES string of the molecule is CC(=O)ONC1CCCCC1c1ccc(-c2nc3ccccc3o2)cc1. The second-order valence-corrected chi connectivity index (χ2v) is 6.82. The molecule has 134 valence electrons. The molecule has 1 aliphatic rings. The van der Waals surface area contributed by atoms with Crippen molar-refractivity contribution in [2.24, 2.45) is 0 Å². The third kappa shape index (κ3) is 3.48. The van der Waals surface area contributed by atoms with E-state index < -0.39 is 0 Å². The summed E-state index contributed by atoms with van der Waals surface area (Å²) < 4.78 is 5.84. The molecule has 0 bridgehead atoms. The van der Waals surface area contributed by atoms with E-state index in [9.17, 15) is 4.79 Å². The summed E-state index contributed by atoms with van der Waals surface area (Å²) in [4.78, 5) is 20.7. The van der Waals surface area contributed by atoms with Crippen LogP contribution in [-0.2, 0) is 9.63 Å². The predicted octanol–water partition coefficient (Wildman–Crippen LogP) is 4.59. The van der Waals surface area contributed by atoms with Crippen LogP contribution >= 0.6 is 0 Å². The van der Waals surface area contributed by atoms with Gasteiger partial charge >= 0.3 is 5.97 Å². The number of nitrogens with one attached hydrogen (secondary N) is 1. The van der Waals surface area contributed by atoms with Gasteiger partial charge < -0.3 is 9.25 Å². The molecule has 1 saturated carbocycles. The Morgan fingerprint density at radius 2 is 1.88 bits per heavy atom. The smallest absolute Gasteiger partial charge is 0.321 e. The van der Waals surface area contributed by atoms with Gasteiger partial charge in [0.1, 0.15) is 5.52 Å². The van der Waals surface area contributed by atoms with Crippen molar-refractivity contribution < 1.29 is 14.0 Å². The van der Waals surface area contributed by atoms with Crippen LogP contribution in [0.25, 0.3) is 22.6 Å². The maximum absolute atomic E-state index is 11.1. The highest BCUT2D eigenvalue weighted by Crippen LogP contribution is 2.34. The zero-order valence-electron chi connectivity index (χ0n) is 14.8. The molecule has 4 rings (SSSR count). The molecule has 2 atom stereocenters. The van der Waals surface area contributed by atoms with Crippen molar-refractivity contribution in [1.82, 2.24) is 10.5 Å². The second kappa shape index (κ2) is 7.30. The number of carbonyl (C=O) groups is 1. The maximum Gasteiger partial charge on any atom is 0.321 e. The summed E-state index contributed by atoms with van der Waals surface area (Å²) in [7, 11) is 0. The molecular formula is C21H22N2O3. The first kappa shape index (κ1) is 16.8. The normalized spacial score (nSPS) is 20.2. The molecule has 5 heteroatoms. The minimum atomic E-state index is -0.305. The predicted molar refractivity (Wildman–Crippen MR) is 99.3 cm³/mol. The van der Waals surface area contributed by atoms with Crippen LogP contribution in [0.5, 0.6) is 0 Å². The number of carbonyl (C=O) groups excluding carboxylic acids is 1. The van der Waals surface area contributed by atoms with Crippen LogP contribution < -0.4 is 5.48 Å². The van der Waals surface area contributed by atoms with Gasteiger partial charge in [0.25, 0.3) is 0 Å². The molecule has 2 unspecified atom stereocenters. The Balaban J connectivity index is 1.55. The first-order valence-corrected chi connectivity index (χ1v) is 9.09. The van der Waals surface area contributed by atoms with E-state index in [1.165, 1.54) is 18.9 Å². The van der Waals surface area contributed by atoms with E-state index in [4.69, 9.17) is 9.25 Å². The minimum Gasteiger partial charge on any atom is -0.436 e. The van der Waals surface area contributed by atoms with Gasteiger partial charge in [-0.2, -0.15) is 0 Å². The molecule has 0 aliphatic heterocycles. The number of hydrogen-bond acceptors (Lipinski definition) is 5. The third-order valence-electron chi connectivity index (χ3n) is 5.00. The molecule has 0 radical (unpaired) electrons. The van der Waals surface area contributed by atoms with Crippen LogP contribution in [0.2, 0.25) is 0 Å². The lowest BCUT2D eigenvalue weighted by Crippen LogP contribution is -2.38. The summed E-state index contributed by atoms with van der Waals surface area (Å²) >= 11 is 0. The second-order valence-electron chi connectivity index (χ2n) is 6.82. The third-order valence-corrected chi connectivity index (χ3v) is 5.00. The molecule has 1 fully saturated rings. The summed E-state index contributed by atoms with van der Waals surface area (Å²) in [6.45, 7) is 1.42. The van der Waals surface area contributed by atoms with Crippen LogP contribution in [0, 0.1) is 0 Å². The highest BCUT2D eigenvalue weighted by Gasteiger charge is 2.27. The number of rotatable bonds is 4. The van der Waals surface area contributed by atoms with E-state index in [1.54, 1.807) is 0 Å². The number of benzene rings is 2. The largest absolute Gasteiger partial charge is 0.436 e. The number of aromatic nitrogens is 1. The zero-order chi connectivity index (χ0) is 17.9. The first-order valence-electron chi connectivity index (χ1n) is 9.09. The molecule has 0 spiro atoms. The molecule has 0 amide bonds. The Bertz CT molecular complexity index is 868. The van der Waals surface area contributed by atoms with Gasteiger partial charge in [-0.1, -0.05) is 37.1 Å². The molecular weight excluding hydrogens is 328 g/mol. The number of nitrogens with zero attached hydrogens (tertiary/aromatic N) is 1. The quantitative estimate of drug-likeness (QED) is 0.697. The van der Waals surface area contributed by atoms with E-state index in [-0.39, 0.29) is 12.0 Å². The molecule has 1 heterocycles. The molecule has 1 aliphatic carbocycles. The lowest BCUT2D eigenvalue weighted by molar-refractivity contribution is -0.151. The van der Waals surface area contributed by atoms with Gasteiger partial charge in [-0.15, -0.1) is 5.48 Å². The van der Waals surface area contributed by atoms with Crippen molar-refractivity contribution in [3.63, 3.8) is 0 Å². The lowest BCUT2D eigenvalue weighted by atomic mass is 9.80. The van der Waals surface area contributed by atoms with Crippen LogP contribution in [0.3, 0.4) is 0 Å². The van der Waals surface area contributed by atoms with Crippen molar-refractivity contribution in [2.45, 2.75) is 44.6 Å². The van der Waals surface area contributed by atoms with Crippen molar-refractivity contribution in [3.8, 4) is 11.5 Å². The molecule has 1 N–H and O–H groups in total. The Morgan fingerprint density at radius 1 is 1.12 bits per heavy atom. The van der Waals surface area contributed by atoms with E-state index in [2.05, 4.69) is 34.7 Å². The van der Waals surface area contributed by atoms with Crippen molar-refractivity contribution in [2.75, 3.05) is 0 Å². The maximum atomic E-state index is 11.1. The van der Waals surface area contributed by atoms with E-state index >= 15 is 0 Å². The highest BCUT2D eigenvalue weighted by atomic mass is 16.7. The standard InChI is InChI=1S/C21H22N2O3/c1-14(24)26-23-18-7-3-2-6-17(18)15-10-12-16(13-11-15)21-22-19-8-4-5-9-20(19)25-21/h4-5,8-13,17-18,23H,2-3,6-7H2,1H3. The molecule has 1 aromatic heterocycles. The topological polar surface area (TPSA) is 64.4 Å². The monoisotopic (exact) mass is 350 g/mol. The Morgan fingerprint density at radius 3 is 2.65 bits per heavy atom. The van der Waals surface area contributed by atoms with Gasteiger partial charge in [-0.05, 0) is 42.7 Å². The zero-order valence-corrected chi connectivity index (χ0v) is 14.8. The Labute approximate surface area is 152 Å². The van der Waals surface area contributed by atoms with E-state index in [0.29, 0.717) is 11.8 Å². The fraction of sp³-hybridized carbons (Fsp3) is 0.333. The van der Waals surface area contributed by atoms with Crippen LogP contribution in [0.4, 0.5) is 0 Å². The number of hydrogen-bond donors (Lipinski definition) is 1. The van der Waals surface area contributed by atoms with Crippen molar-refractivity contribution in [1.29, 1.82) is 0 Å². The van der Waals surface area contributed by atoms with Crippen molar-refractivity contribution >= 4 is 17.1 Å². The average molecular weight is 350 g/mol. The van der Waals surface area contributed by atoms with Gasteiger partial charge in [-0.25, -0.2) is 4.98 Å². The van der Waals surface area contributed by atoms with Crippen LogP contribution in [-0.4, -0.2) is 17.0 Å². The molecule has 2 aromatic carbocycles. The van der Waals surface area contributed by atoms with Gasteiger partial charge in [0.15, 0.2) is 5.58 Å². The molecule has 26 heavy (non-hydrogen) atoms. The summed E-state index contributed by atoms with van der Waals surface area (Å²) in [5.41, 5.74) is 6.82. The van der Waals surface area contributed by atoms with Gasteiger partial charge in [0, 0.05) is 24.4 Å². The van der Waals surface area contributed by atoms with Crippen LogP contribution in [0.15, 0.2) is 52.9 Å². The Hall–Kier alpha value is -2.66. The van der Waals surface area contributed by atoms with Gasteiger partial charge in [-0.3, -0.25) is 4.79 Å². The number of fused-ring (bicyclic) bond motifs is 1. The lowest BCUT2D eigenvalue weighted by Gasteiger charge is -2.31. The molecule has 0 saturated heterocycles. The highest BCUT2D eigenvalue weighted by molar-refractivity contribution is 5.76. The minimum absolute atomic E-state index is 0.155. The summed E-state index contributed by atoms with van der Waals surface area (Å²) in [5.74, 6) is 0.664. The van der Waals surface area contributed by atoms with E-state index in [1.807, 2.05) is 24.3 Å². The fourth-order valence-electron chi connectivity index (χ4n) is 3.70. The average Bonchev–Trinajstić information content (AvgIpc) is 3.11. The first-order chi connectivity index (χ1) is 12.7. The number of hydroxylamine groups is 1.